The lowest BCUT2D eigenvalue weighted by Crippen LogP contribution is -2.00. The van der Waals surface area contributed by atoms with Crippen molar-refractivity contribution in [3.05, 3.63) is 29.3 Å². The average Bonchev–Trinajstić information content (AvgIpc) is 2.27. The summed E-state index contributed by atoms with van der Waals surface area (Å²) in [5, 5.41) is 8.65. The van der Waals surface area contributed by atoms with Crippen molar-refractivity contribution in [2.45, 2.75) is 13.3 Å². The summed E-state index contributed by atoms with van der Waals surface area (Å²) in [6.07, 6.45) is 0.433. The summed E-state index contributed by atoms with van der Waals surface area (Å²) in [5.41, 5.74) is 1.03. The maximum atomic E-state index is 11.4. The molecule has 0 atom stereocenters. The smallest absolute Gasteiger partial charge is 0.166 e. The molecular weight excluding hydrogens is 178 g/mol. The molecule has 0 amide bonds. The molecule has 1 rings (SSSR count). The molecule has 1 aromatic carbocycles. The Morgan fingerprint density at radius 2 is 2.29 bits per heavy atom. The molecular formula is C11H11NO2. The van der Waals surface area contributed by atoms with Crippen LogP contribution in [0.3, 0.4) is 0 Å². The zero-order valence-electron chi connectivity index (χ0n) is 8.20. The van der Waals surface area contributed by atoms with Crippen molar-refractivity contribution in [2.75, 3.05) is 7.11 Å². The number of nitriles is 1. The van der Waals surface area contributed by atoms with E-state index in [9.17, 15) is 4.79 Å². The number of nitrogens with zero attached hydrogens (tertiary/aromatic N) is 1. The number of carbonyl (C=O) groups excluding carboxylic acids is 1. The van der Waals surface area contributed by atoms with Gasteiger partial charge in [-0.25, -0.2) is 0 Å². The second kappa shape index (κ2) is 4.43. The first kappa shape index (κ1) is 10.3. The Labute approximate surface area is 82.9 Å². The molecule has 0 saturated heterocycles. The van der Waals surface area contributed by atoms with Gasteiger partial charge in [0.2, 0.25) is 0 Å². The quantitative estimate of drug-likeness (QED) is 0.684. The van der Waals surface area contributed by atoms with Gasteiger partial charge in [-0.2, -0.15) is 5.26 Å². The highest BCUT2D eigenvalue weighted by molar-refractivity contribution is 5.98. The number of methoxy groups -OCH3 is 1. The van der Waals surface area contributed by atoms with Gasteiger partial charge in [0.25, 0.3) is 0 Å². The normalized spacial score (nSPS) is 9.21. The van der Waals surface area contributed by atoms with E-state index in [1.54, 1.807) is 25.1 Å². The number of carbonyl (C=O) groups is 1. The van der Waals surface area contributed by atoms with Crippen molar-refractivity contribution in [3.8, 4) is 11.8 Å². The first-order valence-electron chi connectivity index (χ1n) is 4.34. The molecule has 72 valence electrons. The van der Waals surface area contributed by atoms with Crippen LogP contribution in [-0.4, -0.2) is 12.9 Å². The molecule has 0 radical (unpaired) electrons. The van der Waals surface area contributed by atoms with E-state index in [0.717, 1.165) is 0 Å². The van der Waals surface area contributed by atoms with Gasteiger partial charge in [-0.05, 0) is 18.2 Å². The maximum Gasteiger partial charge on any atom is 0.166 e. The number of benzene rings is 1. The molecule has 0 spiro atoms. The highest BCUT2D eigenvalue weighted by Gasteiger charge is 2.10. The summed E-state index contributed by atoms with van der Waals surface area (Å²) >= 11 is 0. The van der Waals surface area contributed by atoms with E-state index in [4.69, 9.17) is 10.00 Å². The van der Waals surface area contributed by atoms with Crippen molar-refractivity contribution >= 4 is 5.78 Å². The molecule has 0 aliphatic heterocycles. The van der Waals surface area contributed by atoms with Gasteiger partial charge >= 0.3 is 0 Å². The van der Waals surface area contributed by atoms with Crippen LogP contribution < -0.4 is 4.74 Å². The van der Waals surface area contributed by atoms with Gasteiger partial charge in [0.1, 0.15) is 5.75 Å². The summed E-state index contributed by atoms with van der Waals surface area (Å²) < 4.78 is 5.04. The molecule has 0 aromatic heterocycles. The van der Waals surface area contributed by atoms with Crippen LogP contribution >= 0.6 is 0 Å². The minimum absolute atomic E-state index is 0.0198. The Morgan fingerprint density at radius 3 is 2.79 bits per heavy atom. The Balaban J connectivity index is 3.19. The molecule has 0 N–H and O–H groups in total. The first-order valence-corrected chi connectivity index (χ1v) is 4.34. The van der Waals surface area contributed by atoms with E-state index >= 15 is 0 Å². The van der Waals surface area contributed by atoms with Crippen molar-refractivity contribution in [2.24, 2.45) is 0 Å². The van der Waals surface area contributed by atoms with E-state index in [-0.39, 0.29) is 5.78 Å². The summed E-state index contributed by atoms with van der Waals surface area (Å²) in [6.45, 7) is 1.79. The minimum Gasteiger partial charge on any atom is -0.496 e. The highest BCUT2D eigenvalue weighted by Crippen LogP contribution is 2.21. The van der Waals surface area contributed by atoms with E-state index in [1.165, 1.54) is 7.11 Å². The zero-order chi connectivity index (χ0) is 10.6. The van der Waals surface area contributed by atoms with E-state index < -0.39 is 0 Å². The first-order chi connectivity index (χ1) is 6.72. The fraction of sp³-hybridized carbons (Fsp3) is 0.273. The molecule has 0 saturated carbocycles. The third-order valence-corrected chi connectivity index (χ3v) is 1.95. The van der Waals surface area contributed by atoms with Gasteiger partial charge in [0.05, 0.1) is 24.3 Å². The zero-order valence-corrected chi connectivity index (χ0v) is 8.20. The Kier molecular flexibility index (Phi) is 3.24. The van der Waals surface area contributed by atoms with Gasteiger partial charge in [-0.15, -0.1) is 0 Å². The summed E-state index contributed by atoms with van der Waals surface area (Å²) in [6, 6.07) is 6.81. The summed E-state index contributed by atoms with van der Waals surface area (Å²) in [5.74, 6) is 0.488. The molecule has 3 nitrogen and oxygen atoms in total. The monoisotopic (exact) mass is 189 g/mol. The fourth-order valence-corrected chi connectivity index (χ4v) is 1.18. The summed E-state index contributed by atoms with van der Waals surface area (Å²) in [4.78, 5) is 11.4. The van der Waals surface area contributed by atoms with Crippen LogP contribution in [0.4, 0.5) is 0 Å². The van der Waals surface area contributed by atoms with E-state index in [0.29, 0.717) is 23.3 Å². The molecule has 0 unspecified atom stereocenters. The third kappa shape index (κ3) is 1.91. The third-order valence-electron chi connectivity index (χ3n) is 1.95. The Hall–Kier alpha value is -1.82. The minimum atomic E-state index is 0.0198. The van der Waals surface area contributed by atoms with Crippen molar-refractivity contribution in [1.82, 2.24) is 0 Å². The van der Waals surface area contributed by atoms with E-state index in [2.05, 4.69) is 0 Å². The number of rotatable bonds is 3. The lowest BCUT2D eigenvalue weighted by atomic mass is 10.1. The fourth-order valence-electron chi connectivity index (χ4n) is 1.18. The van der Waals surface area contributed by atoms with Crippen molar-refractivity contribution in [3.63, 3.8) is 0 Å². The molecule has 1 aromatic rings. The number of ether oxygens (including phenoxy) is 1. The largest absolute Gasteiger partial charge is 0.496 e. The van der Waals surface area contributed by atoms with Crippen molar-refractivity contribution < 1.29 is 9.53 Å². The van der Waals surface area contributed by atoms with Crippen molar-refractivity contribution in [1.29, 1.82) is 5.26 Å². The molecule has 3 heteroatoms. The van der Waals surface area contributed by atoms with Gasteiger partial charge in [0, 0.05) is 6.42 Å². The highest BCUT2D eigenvalue weighted by atomic mass is 16.5. The van der Waals surface area contributed by atoms with Crippen LogP contribution in [0.15, 0.2) is 18.2 Å². The number of hydrogen-bond donors (Lipinski definition) is 0. The predicted octanol–water partition coefficient (Wildman–Crippen LogP) is 2.16. The SMILES string of the molecule is CCC(=O)c1ccc(C#N)cc1OC. The van der Waals surface area contributed by atoms with Crippen LogP contribution in [0.5, 0.6) is 5.75 Å². The van der Waals surface area contributed by atoms with Gasteiger partial charge in [-0.3, -0.25) is 4.79 Å². The summed E-state index contributed by atoms with van der Waals surface area (Å²) in [7, 11) is 1.49. The van der Waals surface area contributed by atoms with Gasteiger partial charge in [-0.1, -0.05) is 6.92 Å². The second-order valence-electron chi connectivity index (χ2n) is 2.80. The Morgan fingerprint density at radius 1 is 1.57 bits per heavy atom. The molecule has 0 aliphatic rings. The molecule has 0 fully saturated rings. The number of hydrogen-bond acceptors (Lipinski definition) is 3. The number of ketones is 1. The van der Waals surface area contributed by atoms with Crippen LogP contribution in [0, 0.1) is 11.3 Å². The van der Waals surface area contributed by atoms with E-state index in [1.807, 2.05) is 6.07 Å². The Bertz CT molecular complexity index is 391. The average molecular weight is 189 g/mol. The predicted molar refractivity (Wildman–Crippen MR) is 52.3 cm³/mol. The molecule has 14 heavy (non-hydrogen) atoms. The maximum absolute atomic E-state index is 11.4. The lowest BCUT2D eigenvalue weighted by Gasteiger charge is -2.06. The standard InChI is InChI=1S/C11H11NO2/c1-3-10(13)9-5-4-8(7-12)6-11(9)14-2/h4-6H,3H2,1-2H3. The molecule has 0 bridgehead atoms. The second-order valence-corrected chi connectivity index (χ2v) is 2.80. The van der Waals surface area contributed by atoms with Gasteiger partial charge < -0.3 is 4.74 Å². The van der Waals surface area contributed by atoms with Crippen LogP contribution in [-0.2, 0) is 0 Å². The van der Waals surface area contributed by atoms with Crippen LogP contribution in [0.25, 0.3) is 0 Å². The molecule has 0 heterocycles. The van der Waals surface area contributed by atoms with Gasteiger partial charge in [0.15, 0.2) is 5.78 Å². The number of Topliss-reactive ketones (excluding diaryl/α,β-unsaturated/α-hetero) is 1. The molecule has 0 aliphatic carbocycles. The lowest BCUT2D eigenvalue weighted by molar-refractivity contribution is 0.0985. The van der Waals surface area contributed by atoms with Crippen LogP contribution in [0.1, 0.15) is 29.3 Å². The topological polar surface area (TPSA) is 50.1 Å². The van der Waals surface area contributed by atoms with Crippen LogP contribution in [0.2, 0.25) is 0 Å².